The van der Waals surface area contributed by atoms with Crippen molar-refractivity contribution < 1.29 is 14.4 Å². The van der Waals surface area contributed by atoms with Crippen LogP contribution >= 0.6 is 23.4 Å². The van der Waals surface area contributed by atoms with Crippen LogP contribution in [0, 0.1) is 0 Å². The van der Waals surface area contributed by atoms with E-state index in [9.17, 15) is 14.4 Å². The van der Waals surface area contributed by atoms with Crippen LogP contribution in [0.15, 0.2) is 103 Å². The Kier molecular flexibility index (Phi) is 8.30. The summed E-state index contributed by atoms with van der Waals surface area (Å²) in [5.41, 5.74) is 4.21. The molecule has 1 aliphatic rings. The van der Waals surface area contributed by atoms with Crippen molar-refractivity contribution in [2.75, 3.05) is 11.1 Å². The van der Waals surface area contributed by atoms with Gasteiger partial charge in [0, 0.05) is 23.7 Å². The van der Waals surface area contributed by atoms with Gasteiger partial charge in [0.1, 0.15) is 5.37 Å². The molecule has 0 bridgehead atoms. The Balaban J connectivity index is 1.25. The van der Waals surface area contributed by atoms with E-state index in [1.54, 1.807) is 48.2 Å². The van der Waals surface area contributed by atoms with Crippen LogP contribution in [0.3, 0.4) is 0 Å². The van der Waals surface area contributed by atoms with Crippen molar-refractivity contribution in [1.82, 2.24) is 10.2 Å². The molecule has 0 radical (unpaired) electrons. The fourth-order valence-electron chi connectivity index (χ4n) is 4.34. The molecule has 0 spiro atoms. The predicted molar refractivity (Wildman–Crippen MR) is 156 cm³/mol. The summed E-state index contributed by atoms with van der Waals surface area (Å²) in [6.45, 7) is 0.874. The molecule has 5 rings (SSSR count). The van der Waals surface area contributed by atoms with Crippen molar-refractivity contribution in [1.29, 1.82) is 0 Å². The third-order valence-electron chi connectivity index (χ3n) is 6.41. The highest BCUT2D eigenvalue weighted by Gasteiger charge is 2.32. The quantitative estimate of drug-likeness (QED) is 0.267. The molecule has 1 saturated heterocycles. The van der Waals surface area contributed by atoms with Gasteiger partial charge < -0.3 is 15.5 Å². The molecule has 1 atom stereocenters. The van der Waals surface area contributed by atoms with Crippen LogP contribution in [-0.4, -0.2) is 28.4 Å². The van der Waals surface area contributed by atoms with E-state index in [4.69, 9.17) is 11.6 Å². The van der Waals surface area contributed by atoms with Crippen molar-refractivity contribution in [2.24, 2.45) is 0 Å². The van der Waals surface area contributed by atoms with Crippen molar-refractivity contribution in [3.8, 4) is 0 Å². The van der Waals surface area contributed by atoms with E-state index in [0.717, 1.165) is 16.7 Å². The summed E-state index contributed by atoms with van der Waals surface area (Å²) in [6.07, 6.45) is 0. The van der Waals surface area contributed by atoms with Gasteiger partial charge in [-0.3, -0.25) is 14.4 Å². The van der Waals surface area contributed by atoms with Crippen LogP contribution in [0.25, 0.3) is 0 Å². The molecule has 8 heteroatoms. The molecule has 3 amide bonds. The minimum Gasteiger partial charge on any atom is -0.348 e. The number of thioether (sulfide) groups is 1. The number of amides is 3. The van der Waals surface area contributed by atoms with Crippen molar-refractivity contribution in [3.63, 3.8) is 0 Å². The first-order valence-corrected chi connectivity index (χ1v) is 13.9. The topological polar surface area (TPSA) is 78.5 Å². The first kappa shape index (κ1) is 26.5. The highest BCUT2D eigenvalue weighted by molar-refractivity contribution is 8.00. The van der Waals surface area contributed by atoms with E-state index in [1.165, 1.54) is 0 Å². The number of rotatable bonds is 8. The second-order valence-corrected chi connectivity index (χ2v) is 10.6. The molecule has 0 aromatic heterocycles. The Bertz CT molecular complexity index is 1480. The highest BCUT2D eigenvalue weighted by Crippen LogP contribution is 2.39. The zero-order valence-corrected chi connectivity index (χ0v) is 22.5. The molecule has 1 aliphatic heterocycles. The molecule has 196 valence electrons. The molecule has 1 heterocycles. The van der Waals surface area contributed by atoms with E-state index in [2.05, 4.69) is 10.6 Å². The van der Waals surface area contributed by atoms with Crippen LogP contribution in [0.2, 0.25) is 5.02 Å². The van der Waals surface area contributed by atoms with Gasteiger partial charge in [0.25, 0.3) is 11.8 Å². The third kappa shape index (κ3) is 6.50. The minimum atomic E-state index is -0.321. The number of nitrogens with one attached hydrogen (secondary N) is 2. The van der Waals surface area contributed by atoms with E-state index in [-0.39, 0.29) is 23.1 Å². The molecule has 0 aliphatic carbocycles. The Morgan fingerprint density at radius 1 is 0.821 bits per heavy atom. The average molecular weight is 556 g/mol. The standard InChI is InChI=1S/C31H26ClN3O3S/c32-25-16-10-22(11-17-25)19-35-28(36)20-39-31(35)24-14-12-23(13-15-24)29(37)34-27-9-5-4-8-26(27)30(38)33-18-21-6-2-1-3-7-21/h1-17,31H,18-20H2,(H,33,38)(H,34,37)/t31-/m0/s1. The lowest BCUT2D eigenvalue weighted by atomic mass is 10.1. The van der Waals surface area contributed by atoms with Gasteiger partial charge in [0.15, 0.2) is 0 Å². The first-order chi connectivity index (χ1) is 19.0. The molecule has 0 saturated carbocycles. The summed E-state index contributed by atoms with van der Waals surface area (Å²) >= 11 is 7.56. The highest BCUT2D eigenvalue weighted by atomic mass is 35.5. The smallest absolute Gasteiger partial charge is 0.255 e. The number of carbonyl (C=O) groups is 3. The Hall–Kier alpha value is -4.07. The molecule has 6 nitrogen and oxygen atoms in total. The van der Waals surface area contributed by atoms with Gasteiger partial charge in [-0.1, -0.05) is 78.3 Å². The van der Waals surface area contributed by atoms with Crippen molar-refractivity contribution >= 4 is 46.8 Å². The van der Waals surface area contributed by atoms with Crippen molar-refractivity contribution in [3.05, 3.63) is 136 Å². The van der Waals surface area contributed by atoms with Crippen molar-refractivity contribution in [2.45, 2.75) is 18.5 Å². The number of para-hydroxylation sites is 1. The number of hydrogen-bond acceptors (Lipinski definition) is 4. The fraction of sp³-hybridized carbons (Fsp3) is 0.129. The average Bonchev–Trinajstić information content (AvgIpc) is 3.33. The monoisotopic (exact) mass is 555 g/mol. The van der Waals surface area contributed by atoms with E-state index < -0.39 is 0 Å². The number of benzene rings is 4. The van der Waals surface area contributed by atoms with E-state index >= 15 is 0 Å². The van der Waals surface area contributed by atoms with E-state index in [1.807, 2.05) is 71.6 Å². The molecular weight excluding hydrogens is 530 g/mol. The van der Waals surface area contributed by atoms with Gasteiger partial charge in [-0.2, -0.15) is 0 Å². The largest absolute Gasteiger partial charge is 0.348 e. The van der Waals surface area contributed by atoms with Gasteiger partial charge in [0.05, 0.1) is 17.0 Å². The lowest BCUT2D eigenvalue weighted by Gasteiger charge is -2.24. The second-order valence-electron chi connectivity index (χ2n) is 9.10. The summed E-state index contributed by atoms with van der Waals surface area (Å²) in [7, 11) is 0. The van der Waals surface area contributed by atoms with Gasteiger partial charge in [0.2, 0.25) is 5.91 Å². The molecule has 0 unspecified atom stereocenters. The lowest BCUT2D eigenvalue weighted by molar-refractivity contribution is -0.128. The van der Waals surface area contributed by atoms with Gasteiger partial charge in [-0.05, 0) is 53.1 Å². The van der Waals surface area contributed by atoms with E-state index in [0.29, 0.717) is 40.7 Å². The summed E-state index contributed by atoms with van der Waals surface area (Å²) < 4.78 is 0. The number of hydrogen-bond donors (Lipinski definition) is 2. The maximum Gasteiger partial charge on any atom is 0.255 e. The number of halogens is 1. The number of nitrogens with zero attached hydrogens (tertiary/aromatic N) is 1. The molecule has 1 fully saturated rings. The number of carbonyl (C=O) groups excluding carboxylic acids is 3. The van der Waals surface area contributed by atoms with Crippen LogP contribution in [0.5, 0.6) is 0 Å². The predicted octanol–water partition coefficient (Wildman–Crippen LogP) is 6.30. The van der Waals surface area contributed by atoms with Crippen LogP contribution in [0.4, 0.5) is 5.69 Å². The summed E-state index contributed by atoms with van der Waals surface area (Å²) in [5.74, 6) is -0.111. The third-order valence-corrected chi connectivity index (χ3v) is 7.92. The Morgan fingerprint density at radius 2 is 1.51 bits per heavy atom. The first-order valence-electron chi connectivity index (χ1n) is 12.5. The molecular formula is C31H26ClN3O3S. The molecule has 4 aromatic rings. The van der Waals surface area contributed by atoms with Crippen LogP contribution < -0.4 is 10.6 Å². The zero-order valence-electron chi connectivity index (χ0n) is 21.0. The normalized spacial score (nSPS) is 14.7. The van der Waals surface area contributed by atoms with Gasteiger partial charge in [-0.25, -0.2) is 0 Å². The second kappa shape index (κ2) is 12.2. The summed E-state index contributed by atoms with van der Waals surface area (Å²) in [4.78, 5) is 40.4. The summed E-state index contributed by atoms with van der Waals surface area (Å²) in [6, 6.07) is 31.3. The Labute approximate surface area is 236 Å². The molecule has 4 aromatic carbocycles. The van der Waals surface area contributed by atoms with Gasteiger partial charge >= 0.3 is 0 Å². The summed E-state index contributed by atoms with van der Waals surface area (Å²) in [5, 5.41) is 6.29. The zero-order chi connectivity index (χ0) is 27.2. The lowest BCUT2D eigenvalue weighted by Crippen LogP contribution is -2.27. The number of anilines is 1. The fourth-order valence-corrected chi connectivity index (χ4v) is 5.66. The van der Waals surface area contributed by atoms with Crippen LogP contribution in [-0.2, 0) is 17.9 Å². The molecule has 2 N–H and O–H groups in total. The maximum absolute atomic E-state index is 13.1. The maximum atomic E-state index is 13.1. The SMILES string of the molecule is O=C(Nc1ccccc1C(=O)NCc1ccccc1)c1ccc([C@@H]2SCC(=O)N2Cc2ccc(Cl)cc2)cc1. The minimum absolute atomic E-state index is 0.0731. The molecule has 39 heavy (non-hydrogen) atoms. The van der Waals surface area contributed by atoms with Crippen LogP contribution in [0.1, 0.15) is 42.8 Å². The Morgan fingerprint density at radius 3 is 2.26 bits per heavy atom. The van der Waals surface area contributed by atoms with Gasteiger partial charge in [-0.15, -0.1) is 11.8 Å².